The second kappa shape index (κ2) is 4.04. The maximum Gasteiger partial charge on any atom is 0.117 e. The maximum absolute atomic E-state index is 9.43. The molecule has 0 saturated carbocycles. The molecule has 2 aromatic rings. The Balaban J connectivity index is 1.94. The van der Waals surface area contributed by atoms with E-state index < -0.39 is 0 Å². The van der Waals surface area contributed by atoms with Gasteiger partial charge < -0.3 is 15.4 Å². The highest BCUT2D eigenvalue weighted by Gasteiger charge is 2.22. The zero-order chi connectivity index (χ0) is 11.8. The highest BCUT2D eigenvalue weighted by Crippen LogP contribution is 2.28. The third kappa shape index (κ3) is 2.00. The Morgan fingerprint density at radius 2 is 2.29 bits per heavy atom. The van der Waals surface area contributed by atoms with Crippen molar-refractivity contribution in [3.05, 3.63) is 24.0 Å². The van der Waals surface area contributed by atoms with Crippen LogP contribution in [0.2, 0.25) is 0 Å². The van der Waals surface area contributed by atoms with Crippen LogP contribution in [0, 0.1) is 0 Å². The lowest BCUT2D eigenvalue weighted by atomic mass is 9.93. The van der Waals surface area contributed by atoms with Gasteiger partial charge in [-0.25, -0.2) is 4.98 Å². The van der Waals surface area contributed by atoms with E-state index in [1.807, 2.05) is 6.07 Å². The van der Waals surface area contributed by atoms with Gasteiger partial charge in [-0.1, -0.05) is 0 Å². The van der Waals surface area contributed by atoms with Crippen LogP contribution in [0.3, 0.4) is 0 Å². The summed E-state index contributed by atoms with van der Waals surface area (Å²) < 4.78 is 0. The van der Waals surface area contributed by atoms with E-state index >= 15 is 0 Å². The quantitative estimate of drug-likeness (QED) is 0.704. The molecule has 0 radical (unpaired) electrons. The van der Waals surface area contributed by atoms with E-state index in [4.69, 9.17) is 0 Å². The van der Waals surface area contributed by atoms with Gasteiger partial charge >= 0.3 is 0 Å². The predicted octanol–water partition coefficient (Wildman–Crippen LogP) is 2.12. The average Bonchev–Trinajstić information content (AvgIpc) is 2.72. The molecule has 1 aromatic heterocycles. The highest BCUT2D eigenvalue weighted by atomic mass is 16.3. The number of nitrogens with zero attached hydrogens (tertiary/aromatic N) is 1. The van der Waals surface area contributed by atoms with Crippen LogP contribution in [0.25, 0.3) is 11.0 Å². The minimum atomic E-state index is 0.284. The van der Waals surface area contributed by atoms with Crippen molar-refractivity contribution in [2.24, 2.45) is 0 Å². The molecule has 1 aromatic carbocycles. The van der Waals surface area contributed by atoms with Crippen molar-refractivity contribution in [1.29, 1.82) is 0 Å². The summed E-state index contributed by atoms with van der Waals surface area (Å²) in [6, 6.07) is 5.82. The molecule has 2 atom stereocenters. The maximum atomic E-state index is 9.43. The van der Waals surface area contributed by atoms with Crippen molar-refractivity contribution in [3.63, 3.8) is 0 Å². The third-order valence-electron chi connectivity index (χ3n) is 3.49. The summed E-state index contributed by atoms with van der Waals surface area (Å²) in [5, 5.41) is 12.9. The zero-order valence-electron chi connectivity index (χ0n) is 9.90. The van der Waals surface area contributed by atoms with E-state index in [9.17, 15) is 5.11 Å². The number of fused-ring (bicyclic) bond motifs is 1. The molecular formula is C13H17N3O. The number of hydrogen-bond donors (Lipinski definition) is 3. The SMILES string of the molecule is CC1CC(c2nc3ccc(O)cc3[nH]2)CCN1. The zero-order valence-corrected chi connectivity index (χ0v) is 9.90. The Morgan fingerprint density at radius 1 is 1.41 bits per heavy atom. The number of nitrogens with one attached hydrogen (secondary N) is 2. The van der Waals surface area contributed by atoms with E-state index in [-0.39, 0.29) is 5.75 Å². The highest BCUT2D eigenvalue weighted by molar-refractivity contribution is 5.76. The summed E-state index contributed by atoms with van der Waals surface area (Å²) in [5.41, 5.74) is 1.86. The molecule has 0 aliphatic carbocycles. The van der Waals surface area contributed by atoms with Gasteiger partial charge in [-0.3, -0.25) is 0 Å². The van der Waals surface area contributed by atoms with Gasteiger partial charge in [0.25, 0.3) is 0 Å². The Hall–Kier alpha value is -1.55. The first kappa shape index (κ1) is 10.6. The lowest BCUT2D eigenvalue weighted by Gasteiger charge is -2.26. The fraction of sp³-hybridized carbons (Fsp3) is 0.462. The second-order valence-electron chi connectivity index (χ2n) is 4.90. The van der Waals surface area contributed by atoms with Gasteiger partial charge in [-0.2, -0.15) is 0 Å². The number of phenolic OH excluding ortho intramolecular Hbond substituents is 1. The lowest BCUT2D eigenvalue weighted by Crippen LogP contribution is -2.35. The van der Waals surface area contributed by atoms with Crippen LogP contribution in [0.1, 0.15) is 31.5 Å². The number of hydrogen-bond acceptors (Lipinski definition) is 3. The molecular weight excluding hydrogens is 214 g/mol. The van der Waals surface area contributed by atoms with Gasteiger partial charge in [0.1, 0.15) is 11.6 Å². The van der Waals surface area contributed by atoms with Crippen molar-refractivity contribution in [3.8, 4) is 5.75 Å². The number of phenols is 1. The van der Waals surface area contributed by atoms with Crippen molar-refractivity contribution in [1.82, 2.24) is 15.3 Å². The van der Waals surface area contributed by atoms with Gasteiger partial charge in [0.2, 0.25) is 0 Å². The normalized spacial score (nSPS) is 25.2. The van der Waals surface area contributed by atoms with Gasteiger partial charge in [0, 0.05) is 18.0 Å². The molecule has 4 heteroatoms. The molecule has 0 amide bonds. The van der Waals surface area contributed by atoms with Crippen LogP contribution in [0.4, 0.5) is 0 Å². The number of H-pyrrole nitrogens is 1. The van der Waals surface area contributed by atoms with Gasteiger partial charge in [0.15, 0.2) is 0 Å². The summed E-state index contributed by atoms with van der Waals surface area (Å²) in [4.78, 5) is 7.95. The summed E-state index contributed by atoms with van der Waals surface area (Å²) >= 11 is 0. The van der Waals surface area contributed by atoms with Crippen LogP contribution < -0.4 is 5.32 Å². The largest absolute Gasteiger partial charge is 0.508 e. The van der Waals surface area contributed by atoms with E-state index in [2.05, 4.69) is 22.2 Å². The lowest BCUT2D eigenvalue weighted by molar-refractivity contribution is 0.373. The van der Waals surface area contributed by atoms with Crippen LogP contribution in [0.15, 0.2) is 18.2 Å². The third-order valence-corrected chi connectivity index (χ3v) is 3.49. The van der Waals surface area contributed by atoms with Gasteiger partial charge in [0.05, 0.1) is 11.0 Å². The molecule has 4 nitrogen and oxygen atoms in total. The topological polar surface area (TPSA) is 60.9 Å². The first-order valence-electron chi connectivity index (χ1n) is 6.14. The van der Waals surface area contributed by atoms with Crippen LogP contribution in [-0.4, -0.2) is 27.7 Å². The number of rotatable bonds is 1. The monoisotopic (exact) mass is 231 g/mol. The summed E-state index contributed by atoms with van der Waals surface area (Å²) in [6.45, 7) is 3.26. The molecule has 1 aliphatic rings. The number of piperidine rings is 1. The minimum absolute atomic E-state index is 0.284. The average molecular weight is 231 g/mol. The molecule has 0 spiro atoms. The van der Waals surface area contributed by atoms with Gasteiger partial charge in [-0.05, 0) is 38.4 Å². The van der Waals surface area contributed by atoms with Crippen molar-refractivity contribution >= 4 is 11.0 Å². The fourth-order valence-electron chi connectivity index (χ4n) is 2.59. The minimum Gasteiger partial charge on any atom is -0.508 e. The molecule has 0 bridgehead atoms. The summed E-state index contributed by atoms with van der Waals surface area (Å²) in [6.07, 6.45) is 2.24. The number of aromatic amines is 1. The number of imidazole rings is 1. The predicted molar refractivity (Wildman–Crippen MR) is 67.2 cm³/mol. The van der Waals surface area contributed by atoms with Crippen LogP contribution in [-0.2, 0) is 0 Å². The van der Waals surface area contributed by atoms with E-state index in [1.165, 1.54) is 0 Å². The Morgan fingerprint density at radius 3 is 3.12 bits per heavy atom. The van der Waals surface area contributed by atoms with Crippen molar-refractivity contribution < 1.29 is 5.11 Å². The molecule has 1 saturated heterocycles. The molecule has 3 N–H and O–H groups in total. The van der Waals surface area contributed by atoms with Gasteiger partial charge in [-0.15, -0.1) is 0 Å². The first-order chi connectivity index (χ1) is 8.22. The van der Waals surface area contributed by atoms with E-state index in [1.54, 1.807) is 12.1 Å². The summed E-state index contributed by atoms with van der Waals surface area (Å²) in [7, 11) is 0. The van der Waals surface area contributed by atoms with Crippen LogP contribution >= 0.6 is 0 Å². The first-order valence-corrected chi connectivity index (χ1v) is 6.14. The Bertz CT molecular complexity index is 534. The molecule has 2 unspecified atom stereocenters. The smallest absolute Gasteiger partial charge is 0.117 e. The number of benzene rings is 1. The number of aromatic hydroxyl groups is 1. The van der Waals surface area contributed by atoms with Crippen LogP contribution in [0.5, 0.6) is 5.75 Å². The Labute approximate surface area is 100 Å². The number of aromatic nitrogens is 2. The molecule has 17 heavy (non-hydrogen) atoms. The van der Waals surface area contributed by atoms with Crippen molar-refractivity contribution in [2.45, 2.75) is 31.7 Å². The molecule has 1 aliphatic heterocycles. The van der Waals surface area contributed by atoms with E-state index in [0.29, 0.717) is 12.0 Å². The molecule has 1 fully saturated rings. The fourth-order valence-corrected chi connectivity index (χ4v) is 2.59. The summed E-state index contributed by atoms with van der Waals surface area (Å²) in [5.74, 6) is 1.84. The molecule has 90 valence electrons. The van der Waals surface area contributed by atoms with E-state index in [0.717, 1.165) is 36.2 Å². The molecule has 3 rings (SSSR count). The van der Waals surface area contributed by atoms with Crippen molar-refractivity contribution in [2.75, 3.05) is 6.54 Å². The Kier molecular flexibility index (Phi) is 2.52. The standard InChI is InChI=1S/C13H17N3O/c1-8-6-9(4-5-14-8)13-15-11-3-2-10(17)7-12(11)16-13/h2-3,7-9,14,17H,4-6H2,1H3,(H,15,16). The molecule has 2 heterocycles. The second-order valence-corrected chi connectivity index (χ2v) is 4.90.